The number of hydrogen-bond acceptors (Lipinski definition) is 4. The minimum absolute atomic E-state index is 0.384. The van der Waals surface area contributed by atoms with Crippen LogP contribution < -0.4 is 5.73 Å². The van der Waals surface area contributed by atoms with Crippen LogP contribution in [0.25, 0.3) is 11.3 Å². The molecule has 1 aromatic carbocycles. The van der Waals surface area contributed by atoms with Gasteiger partial charge in [-0.05, 0) is 12.1 Å². The Kier molecular flexibility index (Phi) is 3.12. The summed E-state index contributed by atoms with van der Waals surface area (Å²) in [5.74, 6) is 0.384. The first-order valence-corrected chi connectivity index (χ1v) is 6.20. The fourth-order valence-corrected chi connectivity index (χ4v) is 2.36. The summed E-state index contributed by atoms with van der Waals surface area (Å²) < 4.78 is 0. The van der Waals surface area contributed by atoms with Gasteiger partial charge in [-0.2, -0.15) is 5.26 Å². The number of hydrogen-bond donors (Lipinski definition) is 1. The lowest BCUT2D eigenvalue weighted by Gasteiger charge is -1.98. The minimum Gasteiger partial charge on any atom is -0.389 e. The summed E-state index contributed by atoms with van der Waals surface area (Å²) in [5, 5.41) is 10.5. The maximum absolute atomic E-state index is 8.74. The van der Waals surface area contributed by atoms with Crippen LogP contribution in [0.4, 0.5) is 5.00 Å². The summed E-state index contributed by atoms with van der Waals surface area (Å²) in [5.41, 5.74) is 8.40. The predicted octanol–water partition coefficient (Wildman–Crippen LogP) is 3.39. The maximum Gasteiger partial charge on any atom is 0.114 e. The third kappa shape index (κ3) is 2.29. The van der Waals surface area contributed by atoms with Crippen LogP contribution in [-0.2, 0) is 0 Å². The van der Waals surface area contributed by atoms with Crippen molar-refractivity contribution in [1.29, 1.82) is 5.26 Å². The van der Waals surface area contributed by atoms with Gasteiger partial charge in [0.25, 0.3) is 0 Å². The van der Waals surface area contributed by atoms with Crippen molar-refractivity contribution in [3.8, 4) is 17.3 Å². The van der Waals surface area contributed by atoms with Gasteiger partial charge in [0.15, 0.2) is 0 Å². The molecular weight excluding hydrogens is 230 g/mol. The van der Waals surface area contributed by atoms with Crippen molar-refractivity contribution in [3.63, 3.8) is 0 Å². The van der Waals surface area contributed by atoms with Crippen LogP contribution in [0, 0.1) is 11.3 Å². The van der Waals surface area contributed by atoms with Crippen LogP contribution in [0.15, 0.2) is 24.3 Å². The molecule has 0 radical (unpaired) electrons. The molecule has 0 saturated carbocycles. The van der Waals surface area contributed by atoms with E-state index < -0.39 is 0 Å². The van der Waals surface area contributed by atoms with Gasteiger partial charge in [0.05, 0.1) is 16.6 Å². The highest BCUT2D eigenvalue weighted by atomic mass is 32.1. The Morgan fingerprint density at radius 2 is 1.94 bits per heavy atom. The standard InChI is InChI=1S/C13H13N3S/c1-8(2)13-16-11(12(15)17-13)10-5-3-9(7-14)4-6-10/h3-6,8H,15H2,1-2H3. The molecule has 4 heteroatoms. The number of nitriles is 1. The van der Waals surface area contributed by atoms with Gasteiger partial charge in [-0.15, -0.1) is 11.3 Å². The quantitative estimate of drug-likeness (QED) is 0.879. The van der Waals surface area contributed by atoms with Gasteiger partial charge in [0.1, 0.15) is 10.7 Å². The predicted molar refractivity (Wildman–Crippen MR) is 70.8 cm³/mol. The Bertz CT molecular complexity index is 561. The highest BCUT2D eigenvalue weighted by molar-refractivity contribution is 7.16. The number of nitrogens with two attached hydrogens (primary N) is 1. The molecule has 0 amide bonds. The molecular formula is C13H13N3S. The van der Waals surface area contributed by atoms with Crippen molar-refractivity contribution >= 4 is 16.3 Å². The number of thiazole rings is 1. The molecule has 0 aliphatic heterocycles. The van der Waals surface area contributed by atoms with Gasteiger partial charge in [-0.3, -0.25) is 0 Å². The molecule has 17 heavy (non-hydrogen) atoms. The Labute approximate surface area is 105 Å². The fraction of sp³-hybridized carbons (Fsp3) is 0.231. The van der Waals surface area contributed by atoms with Crippen LogP contribution in [-0.4, -0.2) is 4.98 Å². The van der Waals surface area contributed by atoms with Crippen LogP contribution >= 0.6 is 11.3 Å². The Morgan fingerprint density at radius 1 is 1.29 bits per heavy atom. The molecule has 0 unspecified atom stereocenters. The summed E-state index contributed by atoms with van der Waals surface area (Å²) in [6.45, 7) is 4.20. The molecule has 3 nitrogen and oxygen atoms in total. The number of nitrogen functional groups attached to an aromatic ring is 1. The molecule has 0 aliphatic rings. The van der Waals surface area contributed by atoms with Gasteiger partial charge in [0.2, 0.25) is 0 Å². The Balaban J connectivity index is 2.42. The second kappa shape index (κ2) is 4.56. The molecule has 0 spiro atoms. The monoisotopic (exact) mass is 243 g/mol. The average molecular weight is 243 g/mol. The van der Waals surface area contributed by atoms with Crippen molar-refractivity contribution < 1.29 is 0 Å². The lowest BCUT2D eigenvalue weighted by molar-refractivity contribution is 0.854. The van der Waals surface area contributed by atoms with Gasteiger partial charge in [-0.25, -0.2) is 4.98 Å². The highest BCUT2D eigenvalue weighted by Gasteiger charge is 2.12. The first kappa shape index (κ1) is 11.6. The number of aromatic nitrogens is 1. The highest BCUT2D eigenvalue weighted by Crippen LogP contribution is 2.33. The zero-order chi connectivity index (χ0) is 12.4. The van der Waals surface area contributed by atoms with Crippen molar-refractivity contribution in [2.24, 2.45) is 0 Å². The maximum atomic E-state index is 8.74. The Morgan fingerprint density at radius 3 is 2.41 bits per heavy atom. The third-order valence-corrected chi connectivity index (χ3v) is 3.64. The van der Waals surface area contributed by atoms with Gasteiger partial charge in [-0.1, -0.05) is 26.0 Å². The molecule has 2 N–H and O–H groups in total. The largest absolute Gasteiger partial charge is 0.389 e. The Hall–Kier alpha value is -1.86. The molecule has 0 saturated heterocycles. The van der Waals surface area contributed by atoms with Crippen LogP contribution in [0.1, 0.15) is 30.3 Å². The zero-order valence-corrected chi connectivity index (χ0v) is 10.6. The van der Waals surface area contributed by atoms with Gasteiger partial charge in [0, 0.05) is 11.5 Å². The normalized spacial score (nSPS) is 10.5. The van der Waals surface area contributed by atoms with E-state index in [0.717, 1.165) is 21.3 Å². The van der Waals surface area contributed by atoms with E-state index in [-0.39, 0.29) is 0 Å². The first-order valence-electron chi connectivity index (χ1n) is 5.38. The smallest absolute Gasteiger partial charge is 0.114 e. The second-order valence-electron chi connectivity index (χ2n) is 4.11. The first-order chi connectivity index (χ1) is 8.11. The second-order valence-corrected chi connectivity index (χ2v) is 5.17. The van der Waals surface area contributed by atoms with E-state index in [1.54, 1.807) is 12.1 Å². The van der Waals surface area contributed by atoms with Crippen LogP contribution in [0.2, 0.25) is 0 Å². The average Bonchev–Trinajstić information content (AvgIpc) is 2.72. The van der Waals surface area contributed by atoms with E-state index in [1.165, 1.54) is 11.3 Å². The van der Waals surface area contributed by atoms with E-state index in [9.17, 15) is 0 Å². The van der Waals surface area contributed by atoms with Gasteiger partial charge >= 0.3 is 0 Å². The SMILES string of the molecule is CC(C)c1nc(-c2ccc(C#N)cc2)c(N)s1. The number of benzene rings is 1. The number of nitrogens with zero attached hydrogens (tertiary/aromatic N) is 2. The van der Waals surface area contributed by atoms with Gasteiger partial charge < -0.3 is 5.73 Å². The molecule has 0 fully saturated rings. The number of anilines is 1. The van der Waals surface area contributed by atoms with Crippen molar-refractivity contribution in [1.82, 2.24) is 4.98 Å². The topological polar surface area (TPSA) is 62.7 Å². The van der Waals surface area contributed by atoms with E-state index in [2.05, 4.69) is 24.9 Å². The summed E-state index contributed by atoms with van der Waals surface area (Å²) in [6, 6.07) is 9.42. The van der Waals surface area contributed by atoms with Crippen molar-refractivity contribution in [2.75, 3.05) is 5.73 Å². The van der Waals surface area contributed by atoms with E-state index >= 15 is 0 Å². The molecule has 0 aliphatic carbocycles. The van der Waals surface area contributed by atoms with E-state index in [1.807, 2.05) is 12.1 Å². The summed E-state index contributed by atoms with van der Waals surface area (Å²) in [7, 11) is 0. The summed E-state index contributed by atoms with van der Waals surface area (Å²) in [6.07, 6.45) is 0. The lowest BCUT2D eigenvalue weighted by Crippen LogP contribution is -1.87. The molecule has 86 valence electrons. The molecule has 2 aromatic rings. The van der Waals surface area contributed by atoms with E-state index in [4.69, 9.17) is 11.0 Å². The molecule has 2 rings (SSSR count). The van der Waals surface area contributed by atoms with Crippen molar-refractivity contribution in [3.05, 3.63) is 34.8 Å². The minimum atomic E-state index is 0.384. The lowest BCUT2D eigenvalue weighted by atomic mass is 10.1. The molecule has 0 bridgehead atoms. The zero-order valence-electron chi connectivity index (χ0n) is 9.77. The molecule has 0 atom stereocenters. The molecule has 1 heterocycles. The van der Waals surface area contributed by atoms with Crippen molar-refractivity contribution in [2.45, 2.75) is 19.8 Å². The van der Waals surface area contributed by atoms with Crippen LogP contribution in [0.5, 0.6) is 0 Å². The van der Waals surface area contributed by atoms with Crippen LogP contribution in [0.3, 0.4) is 0 Å². The summed E-state index contributed by atoms with van der Waals surface area (Å²) >= 11 is 1.53. The third-order valence-electron chi connectivity index (χ3n) is 2.45. The number of rotatable bonds is 2. The molecule has 1 aromatic heterocycles. The fourth-order valence-electron chi connectivity index (χ4n) is 1.51. The summed E-state index contributed by atoms with van der Waals surface area (Å²) in [4.78, 5) is 4.55. The van der Waals surface area contributed by atoms with E-state index in [0.29, 0.717) is 11.5 Å².